The van der Waals surface area contributed by atoms with Gasteiger partial charge in [-0.25, -0.2) is 0 Å². The number of ether oxygens (including phenoxy) is 1. The van der Waals surface area contributed by atoms with E-state index in [-0.39, 0.29) is 11.9 Å². The Morgan fingerprint density at radius 1 is 0.815 bits per heavy atom. The first-order chi connectivity index (χ1) is 13.0. The van der Waals surface area contributed by atoms with E-state index in [0.29, 0.717) is 5.56 Å². The lowest BCUT2D eigenvalue weighted by molar-refractivity contribution is -0.137. The van der Waals surface area contributed by atoms with E-state index in [1.807, 2.05) is 66.7 Å². The molecule has 0 aliphatic heterocycles. The Hall–Kier alpha value is -3.40. The van der Waals surface area contributed by atoms with Crippen LogP contribution in [-0.4, -0.2) is 19.0 Å². The number of nitrogens with one attached hydrogen (secondary N) is 1. The smallest absolute Gasteiger partial charge is 0.302 e. The fraction of sp³-hybridized carbons (Fsp3) is 0.130. The van der Waals surface area contributed by atoms with Gasteiger partial charge in [-0.05, 0) is 47.9 Å². The maximum absolute atomic E-state index is 12.2. The Morgan fingerprint density at radius 2 is 1.37 bits per heavy atom. The molecule has 0 bridgehead atoms. The Bertz CT molecular complexity index is 887. The molecule has 0 heterocycles. The van der Waals surface area contributed by atoms with Crippen LogP contribution in [0.1, 0.15) is 22.8 Å². The first kappa shape index (κ1) is 19.9. The van der Waals surface area contributed by atoms with Crippen LogP contribution < -0.4 is 5.32 Å². The van der Waals surface area contributed by atoms with E-state index in [9.17, 15) is 9.59 Å². The second-order valence-electron chi connectivity index (χ2n) is 5.91. The minimum absolute atomic E-state index is 0.0949. The summed E-state index contributed by atoms with van der Waals surface area (Å²) in [4.78, 5) is 21.8. The van der Waals surface area contributed by atoms with E-state index >= 15 is 0 Å². The number of benzene rings is 3. The number of anilines is 1. The molecule has 0 saturated heterocycles. The average Bonchev–Trinajstić information content (AvgIpc) is 2.70. The minimum Gasteiger partial charge on any atom is -0.469 e. The lowest BCUT2D eigenvalue weighted by atomic mass is 9.99. The lowest BCUT2D eigenvalue weighted by Gasteiger charge is -2.08. The maximum atomic E-state index is 12.2. The normalized spacial score (nSPS) is 9.59. The lowest BCUT2D eigenvalue weighted by Crippen LogP contribution is -2.11. The number of amides is 1. The van der Waals surface area contributed by atoms with E-state index in [1.165, 1.54) is 25.2 Å². The van der Waals surface area contributed by atoms with Crippen LogP contribution in [0.4, 0.5) is 5.69 Å². The van der Waals surface area contributed by atoms with Crippen LogP contribution in [0.3, 0.4) is 0 Å². The molecule has 0 fully saturated rings. The number of aryl methyl sites for hydroxylation is 1. The zero-order valence-corrected chi connectivity index (χ0v) is 15.7. The van der Waals surface area contributed by atoms with Gasteiger partial charge in [-0.15, -0.1) is 0 Å². The summed E-state index contributed by atoms with van der Waals surface area (Å²) in [5, 5.41) is 2.89. The minimum atomic E-state index is -0.245. The molecule has 0 aromatic heterocycles. The summed E-state index contributed by atoms with van der Waals surface area (Å²) in [5.41, 5.74) is 4.99. The van der Waals surface area contributed by atoms with Crippen molar-refractivity contribution >= 4 is 17.6 Å². The molecule has 1 N–H and O–H groups in total. The molecule has 3 aromatic carbocycles. The molecule has 4 heteroatoms. The molecule has 138 valence electrons. The fourth-order valence-electron chi connectivity index (χ4n) is 2.42. The molecule has 0 aliphatic carbocycles. The molecule has 0 radical (unpaired) electrons. The predicted octanol–water partition coefficient (Wildman–Crippen LogP) is 5.09. The summed E-state index contributed by atoms with van der Waals surface area (Å²) >= 11 is 0. The van der Waals surface area contributed by atoms with Crippen molar-refractivity contribution in [3.05, 3.63) is 90.0 Å². The third-order valence-corrected chi connectivity index (χ3v) is 3.92. The number of carbonyl (C=O) groups excluding carboxylic acids is 2. The Labute approximate surface area is 159 Å². The first-order valence-corrected chi connectivity index (χ1v) is 8.58. The standard InChI is InChI=1S/C20H17NO.C3H6O2/c1-15-7-5-6-10-19(15)16-11-13-17(14-12-16)20(22)21-18-8-3-2-4-9-18;1-3(4)5-2/h2-14H,1H3,(H,21,22);1-2H3. The number of para-hydroxylation sites is 1. The SMILES string of the molecule is COC(C)=O.Cc1ccccc1-c1ccc(C(=O)Nc2ccccc2)cc1. The molecular weight excluding hydrogens is 338 g/mol. The first-order valence-electron chi connectivity index (χ1n) is 8.58. The van der Waals surface area contributed by atoms with Gasteiger partial charge in [0.05, 0.1) is 7.11 Å². The van der Waals surface area contributed by atoms with E-state index in [1.54, 1.807) is 0 Å². The number of hydrogen-bond donors (Lipinski definition) is 1. The van der Waals surface area contributed by atoms with Crippen molar-refractivity contribution in [1.82, 2.24) is 0 Å². The molecule has 1 amide bonds. The van der Waals surface area contributed by atoms with Gasteiger partial charge in [-0.1, -0.05) is 54.6 Å². The average molecular weight is 361 g/mol. The zero-order valence-electron chi connectivity index (χ0n) is 15.7. The summed E-state index contributed by atoms with van der Waals surface area (Å²) in [6, 6.07) is 25.4. The largest absolute Gasteiger partial charge is 0.469 e. The molecule has 0 spiro atoms. The molecule has 3 aromatic rings. The zero-order chi connectivity index (χ0) is 19.6. The van der Waals surface area contributed by atoms with Crippen LogP contribution in [0, 0.1) is 6.92 Å². The second-order valence-corrected chi connectivity index (χ2v) is 5.91. The number of methoxy groups -OCH3 is 1. The molecule has 4 nitrogen and oxygen atoms in total. The van der Waals surface area contributed by atoms with Crippen LogP contribution in [0.2, 0.25) is 0 Å². The third kappa shape index (κ3) is 6.12. The van der Waals surface area contributed by atoms with Crippen molar-refractivity contribution in [1.29, 1.82) is 0 Å². The quantitative estimate of drug-likeness (QED) is 0.661. The van der Waals surface area contributed by atoms with Crippen LogP contribution in [-0.2, 0) is 9.53 Å². The number of rotatable bonds is 3. The van der Waals surface area contributed by atoms with E-state index in [2.05, 4.69) is 29.1 Å². The van der Waals surface area contributed by atoms with Crippen molar-refractivity contribution in [3.63, 3.8) is 0 Å². The fourth-order valence-corrected chi connectivity index (χ4v) is 2.42. The van der Waals surface area contributed by atoms with Crippen molar-refractivity contribution in [2.75, 3.05) is 12.4 Å². The van der Waals surface area contributed by atoms with Gasteiger partial charge in [0, 0.05) is 18.2 Å². The molecule has 0 aliphatic rings. The number of esters is 1. The van der Waals surface area contributed by atoms with Gasteiger partial charge in [0.1, 0.15) is 0 Å². The van der Waals surface area contributed by atoms with Gasteiger partial charge in [0.2, 0.25) is 0 Å². The van der Waals surface area contributed by atoms with Gasteiger partial charge in [0.25, 0.3) is 5.91 Å². The van der Waals surface area contributed by atoms with Gasteiger partial charge in [-0.2, -0.15) is 0 Å². The number of hydrogen-bond acceptors (Lipinski definition) is 3. The maximum Gasteiger partial charge on any atom is 0.302 e. The van der Waals surface area contributed by atoms with Gasteiger partial charge >= 0.3 is 5.97 Å². The van der Waals surface area contributed by atoms with Gasteiger partial charge < -0.3 is 10.1 Å². The summed E-state index contributed by atoms with van der Waals surface area (Å²) < 4.78 is 4.11. The Kier molecular flexibility index (Phi) is 7.32. The van der Waals surface area contributed by atoms with Crippen molar-refractivity contribution in [3.8, 4) is 11.1 Å². The highest BCUT2D eigenvalue weighted by molar-refractivity contribution is 6.04. The molecule has 0 saturated carbocycles. The molecule has 0 unspecified atom stereocenters. The van der Waals surface area contributed by atoms with E-state index in [4.69, 9.17) is 0 Å². The highest BCUT2D eigenvalue weighted by atomic mass is 16.5. The Balaban J connectivity index is 0.000000465. The van der Waals surface area contributed by atoms with Crippen LogP contribution >= 0.6 is 0 Å². The van der Waals surface area contributed by atoms with Gasteiger partial charge in [0.15, 0.2) is 0 Å². The van der Waals surface area contributed by atoms with Crippen LogP contribution in [0.15, 0.2) is 78.9 Å². The molecular formula is C23H23NO3. The summed E-state index contributed by atoms with van der Waals surface area (Å²) in [7, 11) is 1.35. The molecule has 27 heavy (non-hydrogen) atoms. The van der Waals surface area contributed by atoms with Crippen LogP contribution in [0.25, 0.3) is 11.1 Å². The monoisotopic (exact) mass is 361 g/mol. The third-order valence-electron chi connectivity index (χ3n) is 3.92. The van der Waals surface area contributed by atoms with Gasteiger partial charge in [-0.3, -0.25) is 9.59 Å². The van der Waals surface area contributed by atoms with E-state index < -0.39 is 0 Å². The highest BCUT2D eigenvalue weighted by Crippen LogP contribution is 2.23. The predicted molar refractivity (Wildman–Crippen MR) is 109 cm³/mol. The molecule has 0 atom stereocenters. The molecule has 3 rings (SSSR count). The van der Waals surface area contributed by atoms with Crippen molar-refractivity contribution < 1.29 is 14.3 Å². The number of carbonyl (C=O) groups is 2. The van der Waals surface area contributed by atoms with Crippen molar-refractivity contribution in [2.45, 2.75) is 13.8 Å². The van der Waals surface area contributed by atoms with E-state index in [0.717, 1.165) is 11.3 Å². The topological polar surface area (TPSA) is 55.4 Å². The van der Waals surface area contributed by atoms with Crippen molar-refractivity contribution in [2.24, 2.45) is 0 Å². The summed E-state index contributed by atoms with van der Waals surface area (Å²) in [5.74, 6) is -0.340. The summed E-state index contributed by atoms with van der Waals surface area (Å²) in [6.45, 7) is 3.45. The second kappa shape index (κ2) is 9.92. The Morgan fingerprint density at radius 3 is 1.93 bits per heavy atom. The highest BCUT2D eigenvalue weighted by Gasteiger charge is 2.07. The summed E-state index contributed by atoms with van der Waals surface area (Å²) in [6.07, 6.45) is 0. The van der Waals surface area contributed by atoms with Crippen LogP contribution in [0.5, 0.6) is 0 Å².